The highest BCUT2D eigenvalue weighted by Crippen LogP contribution is 2.26. The Bertz CT molecular complexity index is 432. The number of benzene rings is 1. The quantitative estimate of drug-likeness (QED) is 0.805. The van der Waals surface area contributed by atoms with Gasteiger partial charge in [0.1, 0.15) is 5.84 Å². The smallest absolute Gasteiger partial charge is 0.104 e. The van der Waals surface area contributed by atoms with Crippen molar-refractivity contribution in [3.8, 4) is 0 Å². The molecule has 2 nitrogen and oxygen atoms in total. The lowest BCUT2D eigenvalue weighted by molar-refractivity contribution is 0.249. The van der Waals surface area contributed by atoms with Crippen molar-refractivity contribution in [1.29, 1.82) is 0 Å². The van der Waals surface area contributed by atoms with E-state index >= 15 is 0 Å². The predicted octanol–water partition coefficient (Wildman–Crippen LogP) is 3.66. The average molecular weight is 256 g/mol. The van der Waals surface area contributed by atoms with E-state index in [9.17, 15) is 0 Å². The van der Waals surface area contributed by atoms with Crippen LogP contribution in [0.1, 0.15) is 44.6 Å². The van der Waals surface area contributed by atoms with Crippen molar-refractivity contribution in [2.45, 2.75) is 57.5 Å². The molecule has 0 aromatic heterocycles. The molecule has 1 atom stereocenters. The standard InChI is InChI=1S/C17H24N2/c1-14-13-19(16-10-6-3-7-11-16)17(18-14)12-15-8-4-2-5-9-15/h2,4-5,8-9,14,16H,3,6-7,10-13H2,1H3. The first-order chi connectivity index (χ1) is 9.33. The van der Waals surface area contributed by atoms with Crippen molar-refractivity contribution in [2.24, 2.45) is 4.99 Å². The molecule has 0 saturated heterocycles. The molecule has 1 saturated carbocycles. The van der Waals surface area contributed by atoms with Crippen molar-refractivity contribution < 1.29 is 0 Å². The van der Waals surface area contributed by atoms with Gasteiger partial charge in [0.2, 0.25) is 0 Å². The molecule has 2 heteroatoms. The van der Waals surface area contributed by atoms with Crippen LogP contribution in [-0.2, 0) is 6.42 Å². The zero-order chi connectivity index (χ0) is 13.1. The van der Waals surface area contributed by atoms with Crippen molar-refractivity contribution in [3.63, 3.8) is 0 Å². The molecule has 1 aliphatic heterocycles. The van der Waals surface area contributed by atoms with Crippen LogP contribution >= 0.6 is 0 Å². The molecule has 1 aliphatic carbocycles. The Morgan fingerprint density at radius 3 is 2.58 bits per heavy atom. The number of hydrogen-bond donors (Lipinski definition) is 0. The van der Waals surface area contributed by atoms with E-state index in [0.29, 0.717) is 6.04 Å². The summed E-state index contributed by atoms with van der Waals surface area (Å²) >= 11 is 0. The van der Waals surface area contributed by atoms with Crippen LogP contribution in [0.4, 0.5) is 0 Å². The minimum Gasteiger partial charge on any atom is -0.355 e. The number of hydrogen-bond acceptors (Lipinski definition) is 2. The van der Waals surface area contributed by atoms with Gasteiger partial charge in [0, 0.05) is 19.0 Å². The summed E-state index contributed by atoms with van der Waals surface area (Å²) in [6, 6.07) is 12.0. The van der Waals surface area contributed by atoms with E-state index in [0.717, 1.165) is 19.0 Å². The van der Waals surface area contributed by atoms with E-state index in [2.05, 4.69) is 42.2 Å². The number of amidine groups is 1. The Kier molecular flexibility index (Phi) is 3.86. The van der Waals surface area contributed by atoms with Gasteiger partial charge in [-0.25, -0.2) is 0 Å². The van der Waals surface area contributed by atoms with Gasteiger partial charge in [0.05, 0.1) is 6.04 Å². The van der Waals surface area contributed by atoms with E-state index in [1.54, 1.807) is 0 Å². The molecule has 0 radical (unpaired) electrons. The molecule has 1 aromatic carbocycles. The lowest BCUT2D eigenvalue weighted by Gasteiger charge is -2.33. The first kappa shape index (κ1) is 12.7. The molecule has 102 valence electrons. The maximum atomic E-state index is 4.88. The van der Waals surface area contributed by atoms with E-state index in [1.807, 2.05) is 0 Å². The molecular weight excluding hydrogens is 232 g/mol. The zero-order valence-electron chi connectivity index (χ0n) is 11.9. The van der Waals surface area contributed by atoms with Gasteiger partial charge in [0.15, 0.2) is 0 Å². The third-order valence-electron chi connectivity index (χ3n) is 4.38. The van der Waals surface area contributed by atoms with Gasteiger partial charge in [-0.2, -0.15) is 0 Å². The summed E-state index contributed by atoms with van der Waals surface area (Å²) in [5.41, 5.74) is 1.39. The molecule has 19 heavy (non-hydrogen) atoms. The summed E-state index contributed by atoms with van der Waals surface area (Å²) in [7, 11) is 0. The van der Waals surface area contributed by atoms with Crippen molar-refractivity contribution in [2.75, 3.05) is 6.54 Å². The molecule has 0 N–H and O–H groups in total. The monoisotopic (exact) mass is 256 g/mol. The van der Waals surface area contributed by atoms with Gasteiger partial charge in [-0.1, -0.05) is 49.6 Å². The number of nitrogens with zero attached hydrogens (tertiary/aromatic N) is 2. The third kappa shape index (κ3) is 2.99. The fourth-order valence-corrected chi connectivity index (χ4v) is 3.44. The van der Waals surface area contributed by atoms with Crippen LogP contribution in [-0.4, -0.2) is 29.4 Å². The van der Waals surface area contributed by atoms with Crippen LogP contribution in [0.25, 0.3) is 0 Å². The van der Waals surface area contributed by atoms with Gasteiger partial charge >= 0.3 is 0 Å². The topological polar surface area (TPSA) is 15.6 Å². The molecule has 1 heterocycles. The fourth-order valence-electron chi connectivity index (χ4n) is 3.44. The first-order valence-corrected chi connectivity index (χ1v) is 7.70. The Morgan fingerprint density at radius 1 is 1.11 bits per heavy atom. The van der Waals surface area contributed by atoms with Crippen LogP contribution in [0, 0.1) is 0 Å². The Hall–Kier alpha value is -1.31. The first-order valence-electron chi connectivity index (χ1n) is 7.70. The van der Waals surface area contributed by atoms with Crippen LogP contribution < -0.4 is 0 Å². The molecule has 0 bridgehead atoms. The van der Waals surface area contributed by atoms with E-state index in [4.69, 9.17) is 4.99 Å². The summed E-state index contributed by atoms with van der Waals surface area (Å²) in [5, 5.41) is 0. The van der Waals surface area contributed by atoms with Gasteiger partial charge in [-0.05, 0) is 25.3 Å². The van der Waals surface area contributed by atoms with Crippen molar-refractivity contribution >= 4 is 5.84 Å². The zero-order valence-corrected chi connectivity index (χ0v) is 11.9. The van der Waals surface area contributed by atoms with E-state index in [-0.39, 0.29) is 0 Å². The lowest BCUT2D eigenvalue weighted by Crippen LogP contribution is -2.40. The van der Waals surface area contributed by atoms with Crippen molar-refractivity contribution in [3.05, 3.63) is 35.9 Å². The average Bonchev–Trinajstić information content (AvgIpc) is 2.82. The minimum absolute atomic E-state index is 0.473. The summed E-state index contributed by atoms with van der Waals surface area (Å²) in [6.45, 7) is 3.38. The summed E-state index contributed by atoms with van der Waals surface area (Å²) in [5.74, 6) is 1.32. The highest BCUT2D eigenvalue weighted by atomic mass is 15.3. The summed E-state index contributed by atoms with van der Waals surface area (Å²) < 4.78 is 0. The fraction of sp³-hybridized carbons (Fsp3) is 0.588. The van der Waals surface area contributed by atoms with Crippen LogP contribution in [0.3, 0.4) is 0 Å². The second kappa shape index (κ2) is 5.77. The Morgan fingerprint density at radius 2 is 1.84 bits per heavy atom. The van der Waals surface area contributed by atoms with E-state index in [1.165, 1.54) is 43.5 Å². The Balaban J connectivity index is 1.72. The second-order valence-corrected chi connectivity index (χ2v) is 6.00. The van der Waals surface area contributed by atoms with Crippen LogP contribution in [0.5, 0.6) is 0 Å². The molecule has 1 aromatic rings. The molecule has 1 fully saturated rings. The molecule has 1 unspecified atom stereocenters. The normalized spacial score (nSPS) is 24.6. The molecule has 0 spiro atoms. The molecule has 3 rings (SSSR count). The van der Waals surface area contributed by atoms with Gasteiger partial charge in [0.25, 0.3) is 0 Å². The van der Waals surface area contributed by atoms with E-state index < -0.39 is 0 Å². The highest BCUT2D eigenvalue weighted by Gasteiger charge is 2.29. The molecule has 2 aliphatic rings. The Labute approximate surface area is 116 Å². The van der Waals surface area contributed by atoms with Crippen LogP contribution in [0.15, 0.2) is 35.3 Å². The largest absolute Gasteiger partial charge is 0.355 e. The van der Waals surface area contributed by atoms with Gasteiger partial charge in [-0.3, -0.25) is 4.99 Å². The number of aliphatic imine (C=N–C) groups is 1. The highest BCUT2D eigenvalue weighted by molar-refractivity contribution is 5.86. The minimum atomic E-state index is 0.473. The van der Waals surface area contributed by atoms with Crippen LogP contribution in [0.2, 0.25) is 0 Å². The maximum Gasteiger partial charge on any atom is 0.104 e. The SMILES string of the molecule is CC1CN(C2CCCCC2)C(Cc2ccccc2)=N1. The van der Waals surface area contributed by atoms with Gasteiger partial charge in [-0.15, -0.1) is 0 Å². The maximum absolute atomic E-state index is 4.88. The summed E-state index contributed by atoms with van der Waals surface area (Å²) in [4.78, 5) is 7.49. The predicted molar refractivity (Wildman–Crippen MR) is 80.6 cm³/mol. The lowest BCUT2D eigenvalue weighted by atomic mass is 9.93. The van der Waals surface area contributed by atoms with Crippen molar-refractivity contribution in [1.82, 2.24) is 4.90 Å². The second-order valence-electron chi connectivity index (χ2n) is 6.00. The summed E-state index contributed by atoms with van der Waals surface area (Å²) in [6.07, 6.45) is 7.94. The third-order valence-corrected chi connectivity index (χ3v) is 4.38. The molecule has 0 amide bonds. The molecular formula is C17H24N2. The van der Waals surface area contributed by atoms with Gasteiger partial charge < -0.3 is 4.90 Å². The number of rotatable bonds is 3.